The van der Waals surface area contributed by atoms with E-state index in [2.05, 4.69) is 15.5 Å². The Morgan fingerprint density at radius 1 is 1.05 bits per heavy atom. The molecule has 7 nitrogen and oxygen atoms in total. The Kier molecular flexibility index (Phi) is 8.76. The van der Waals surface area contributed by atoms with Crippen LogP contribution in [0.5, 0.6) is 5.75 Å². The molecule has 200 valence electrons. The van der Waals surface area contributed by atoms with Crippen molar-refractivity contribution in [2.45, 2.75) is 26.4 Å². The zero-order chi connectivity index (χ0) is 27.3. The van der Waals surface area contributed by atoms with Gasteiger partial charge in [0.05, 0.1) is 28.5 Å². The van der Waals surface area contributed by atoms with Crippen molar-refractivity contribution in [3.8, 4) is 28.3 Å². The first-order valence-electron chi connectivity index (χ1n) is 11.8. The molecular weight excluding hydrogens is 536 g/mol. The van der Waals surface area contributed by atoms with Crippen molar-refractivity contribution in [3.05, 3.63) is 64.5 Å². The van der Waals surface area contributed by atoms with Gasteiger partial charge in [0.2, 0.25) is 0 Å². The second-order valence-corrected chi connectivity index (χ2v) is 10.5. The molecule has 0 saturated carbocycles. The molecule has 1 amide bonds. The molecule has 38 heavy (non-hydrogen) atoms. The second kappa shape index (κ2) is 12.0. The van der Waals surface area contributed by atoms with Crippen LogP contribution in [-0.4, -0.2) is 48.3 Å². The highest BCUT2D eigenvalue weighted by Crippen LogP contribution is 2.41. The van der Waals surface area contributed by atoms with Crippen molar-refractivity contribution in [1.82, 2.24) is 15.5 Å². The van der Waals surface area contributed by atoms with Crippen LogP contribution in [0.25, 0.3) is 32.6 Å². The molecule has 0 atom stereocenters. The number of benzene rings is 2. The predicted octanol–water partition coefficient (Wildman–Crippen LogP) is 6.88. The molecule has 4 aromatic rings. The smallest absolute Gasteiger partial charge is 0.407 e. The summed E-state index contributed by atoms with van der Waals surface area (Å²) in [5.41, 5.74) is 0.926. The predicted molar refractivity (Wildman–Crippen MR) is 144 cm³/mol. The topological polar surface area (TPSA) is 82.6 Å². The maximum atomic E-state index is 14.6. The summed E-state index contributed by atoms with van der Waals surface area (Å²) < 4.78 is 45.9. The van der Waals surface area contributed by atoms with E-state index in [1.807, 2.05) is 11.4 Å². The first-order chi connectivity index (χ1) is 18.1. The fourth-order valence-corrected chi connectivity index (χ4v) is 4.77. The SMILES string of the molecule is CC(C)(C)OC(=O)NCCOCCOc1cc(F)ccc1-c1nnc(-c2c(F)cccc2Cl)c2ccsc12. The summed E-state index contributed by atoms with van der Waals surface area (Å²) in [5, 5.41) is 14.0. The van der Waals surface area contributed by atoms with Gasteiger partial charge in [-0.1, -0.05) is 17.7 Å². The Balaban J connectivity index is 1.46. The van der Waals surface area contributed by atoms with Crippen LogP contribution in [0, 0.1) is 11.6 Å². The van der Waals surface area contributed by atoms with Crippen molar-refractivity contribution >= 4 is 39.1 Å². The van der Waals surface area contributed by atoms with E-state index in [0.29, 0.717) is 22.3 Å². The van der Waals surface area contributed by atoms with Gasteiger partial charge in [-0.25, -0.2) is 13.6 Å². The molecular formula is C27H26ClF2N3O4S. The summed E-state index contributed by atoms with van der Waals surface area (Å²) >= 11 is 7.67. The highest BCUT2D eigenvalue weighted by atomic mass is 35.5. The van der Waals surface area contributed by atoms with E-state index in [4.69, 9.17) is 25.8 Å². The average Bonchev–Trinajstić information content (AvgIpc) is 3.33. The van der Waals surface area contributed by atoms with Crippen molar-refractivity contribution in [2.24, 2.45) is 0 Å². The fourth-order valence-electron chi connectivity index (χ4n) is 3.63. The first kappa shape index (κ1) is 27.7. The molecule has 4 rings (SSSR count). The summed E-state index contributed by atoms with van der Waals surface area (Å²) in [6.07, 6.45) is -0.522. The zero-order valence-corrected chi connectivity index (χ0v) is 22.6. The van der Waals surface area contributed by atoms with Crippen molar-refractivity contribution in [2.75, 3.05) is 26.4 Å². The molecule has 0 saturated heterocycles. The third-order valence-electron chi connectivity index (χ3n) is 5.18. The number of thiophene rings is 1. The van der Waals surface area contributed by atoms with Gasteiger partial charge in [0, 0.05) is 23.6 Å². The number of nitrogens with zero attached hydrogens (tertiary/aromatic N) is 2. The largest absolute Gasteiger partial charge is 0.490 e. The first-order valence-corrected chi connectivity index (χ1v) is 13.1. The Hall–Kier alpha value is -3.34. The van der Waals surface area contributed by atoms with Crippen LogP contribution in [0.4, 0.5) is 13.6 Å². The summed E-state index contributed by atoms with van der Waals surface area (Å²) in [6, 6.07) is 10.4. The molecule has 0 aliphatic heterocycles. The number of fused-ring (bicyclic) bond motifs is 1. The lowest BCUT2D eigenvalue weighted by Gasteiger charge is -2.19. The van der Waals surface area contributed by atoms with Crippen LogP contribution in [0.2, 0.25) is 5.02 Å². The van der Waals surface area contributed by atoms with Gasteiger partial charge in [-0.15, -0.1) is 21.5 Å². The van der Waals surface area contributed by atoms with E-state index < -0.39 is 23.3 Å². The van der Waals surface area contributed by atoms with Gasteiger partial charge in [0.25, 0.3) is 0 Å². The standard InChI is InChI=1S/C27H26ClF2N3O4S/c1-27(2,3)37-26(34)31-10-11-35-12-13-36-21-15-16(29)7-8-17(21)24-25-18(9-14-38-25)23(32-33-24)22-19(28)5-4-6-20(22)30/h4-9,14-15H,10-13H2,1-3H3,(H,31,34). The minimum Gasteiger partial charge on any atom is -0.490 e. The van der Waals surface area contributed by atoms with Crippen LogP contribution in [0.15, 0.2) is 47.8 Å². The lowest BCUT2D eigenvalue weighted by atomic mass is 10.0. The number of hydrogen-bond acceptors (Lipinski definition) is 7. The van der Waals surface area contributed by atoms with Crippen molar-refractivity contribution in [1.29, 1.82) is 0 Å². The van der Waals surface area contributed by atoms with Gasteiger partial charge in [-0.05, 0) is 56.5 Å². The number of nitrogens with one attached hydrogen (secondary N) is 1. The van der Waals surface area contributed by atoms with Gasteiger partial charge in [0.15, 0.2) is 0 Å². The van der Waals surface area contributed by atoms with Crippen LogP contribution in [-0.2, 0) is 9.47 Å². The minimum atomic E-state index is -0.578. The molecule has 2 heterocycles. The minimum absolute atomic E-state index is 0.132. The van der Waals surface area contributed by atoms with Crippen LogP contribution in [0.1, 0.15) is 20.8 Å². The molecule has 11 heteroatoms. The highest BCUT2D eigenvalue weighted by molar-refractivity contribution is 7.17. The summed E-state index contributed by atoms with van der Waals surface area (Å²) in [4.78, 5) is 11.7. The number of carbonyl (C=O) groups excluding carboxylic acids is 1. The Morgan fingerprint density at radius 2 is 1.84 bits per heavy atom. The van der Waals surface area contributed by atoms with Gasteiger partial charge in [0.1, 0.15) is 41.0 Å². The second-order valence-electron chi connectivity index (χ2n) is 9.19. The summed E-state index contributed by atoms with van der Waals surface area (Å²) in [6.45, 7) is 6.20. The Labute approximate surface area is 227 Å². The number of alkyl carbamates (subject to hydrolysis) is 1. The maximum absolute atomic E-state index is 14.6. The lowest BCUT2D eigenvalue weighted by molar-refractivity contribution is 0.0489. The van der Waals surface area contributed by atoms with Crippen LogP contribution in [0.3, 0.4) is 0 Å². The molecule has 0 aliphatic rings. The number of amides is 1. The van der Waals surface area contributed by atoms with E-state index >= 15 is 0 Å². The van der Waals surface area contributed by atoms with E-state index in [9.17, 15) is 13.6 Å². The van der Waals surface area contributed by atoms with Gasteiger partial charge < -0.3 is 19.5 Å². The molecule has 0 radical (unpaired) electrons. The number of aromatic nitrogens is 2. The molecule has 2 aromatic carbocycles. The molecule has 0 unspecified atom stereocenters. The van der Waals surface area contributed by atoms with E-state index in [1.165, 1.54) is 35.6 Å². The third kappa shape index (κ3) is 6.75. The van der Waals surface area contributed by atoms with E-state index in [1.54, 1.807) is 32.9 Å². The maximum Gasteiger partial charge on any atom is 0.407 e. The molecule has 0 aliphatic carbocycles. The van der Waals surface area contributed by atoms with Crippen LogP contribution < -0.4 is 10.1 Å². The number of carbonyl (C=O) groups is 1. The number of hydrogen-bond donors (Lipinski definition) is 1. The quantitative estimate of drug-likeness (QED) is 0.224. The molecule has 0 spiro atoms. The third-order valence-corrected chi connectivity index (χ3v) is 6.42. The van der Waals surface area contributed by atoms with Crippen molar-refractivity contribution in [3.63, 3.8) is 0 Å². The van der Waals surface area contributed by atoms with E-state index in [-0.39, 0.29) is 42.7 Å². The van der Waals surface area contributed by atoms with Gasteiger partial charge >= 0.3 is 6.09 Å². The monoisotopic (exact) mass is 561 g/mol. The lowest BCUT2D eigenvalue weighted by Crippen LogP contribution is -2.34. The van der Waals surface area contributed by atoms with Gasteiger partial charge in [-0.2, -0.15) is 0 Å². The molecule has 1 N–H and O–H groups in total. The molecule has 0 fully saturated rings. The summed E-state index contributed by atoms with van der Waals surface area (Å²) in [7, 11) is 0. The number of ether oxygens (including phenoxy) is 3. The highest BCUT2D eigenvalue weighted by Gasteiger charge is 2.21. The van der Waals surface area contributed by atoms with Crippen molar-refractivity contribution < 1.29 is 27.8 Å². The van der Waals surface area contributed by atoms with Gasteiger partial charge in [-0.3, -0.25) is 0 Å². The van der Waals surface area contributed by atoms with E-state index in [0.717, 1.165) is 4.70 Å². The fraction of sp³-hybridized carbons (Fsp3) is 0.296. The molecule has 2 aromatic heterocycles. The normalized spacial score (nSPS) is 11.5. The Bertz CT molecular complexity index is 1420. The number of halogens is 3. The average molecular weight is 562 g/mol. The Morgan fingerprint density at radius 3 is 2.61 bits per heavy atom. The molecule has 0 bridgehead atoms. The zero-order valence-electron chi connectivity index (χ0n) is 21.0. The van der Waals surface area contributed by atoms with Crippen LogP contribution >= 0.6 is 22.9 Å². The summed E-state index contributed by atoms with van der Waals surface area (Å²) in [5.74, 6) is -0.711. The number of rotatable bonds is 9.